The topological polar surface area (TPSA) is 63.6 Å². The van der Waals surface area contributed by atoms with Crippen molar-refractivity contribution in [2.45, 2.75) is 11.4 Å². The van der Waals surface area contributed by atoms with E-state index in [1.54, 1.807) is 0 Å². The van der Waals surface area contributed by atoms with Gasteiger partial charge >= 0.3 is 0 Å². The molecule has 1 fully saturated rings. The summed E-state index contributed by atoms with van der Waals surface area (Å²) in [6.07, 6.45) is -0.970. The van der Waals surface area contributed by atoms with E-state index in [1.807, 2.05) is 0 Å². The van der Waals surface area contributed by atoms with Crippen LogP contribution in [0.15, 0.2) is 0 Å². The molecular weight excluding hydrogens is 180 g/mol. The van der Waals surface area contributed by atoms with Crippen molar-refractivity contribution in [3.8, 4) is 0 Å². The molecule has 4 nitrogen and oxygen atoms in total. The fourth-order valence-electron chi connectivity index (χ4n) is 0.792. The zero-order valence-corrected chi connectivity index (χ0v) is 6.60. The highest BCUT2D eigenvalue weighted by atomic mass is 35.7. The van der Waals surface area contributed by atoms with Crippen LogP contribution in [0.2, 0.25) is 0 Å². The third-order valence-corrected chi connectivity index (χ3v) is 3.22. The third-order valence-electron chi connectivity index (χ3n) is 1.36. The van der Waals surface area contributed by atoms with Crippen LogP contribution in [0.4, 0.5) is 0 Å². The summed E-state index contributed by atoms with van der Waals surface area (Å²) in [5.74, 6) is 0. The summed E-state index contributed by atoms with van der Waals surface area (Å²) in [7, 11) is 1.31. The first kappa shape index (κ1) is 8.26. The Labute approximate surface area is 63.2 Å². The van der Waals surface area contributed by atoms with Gasteiger partial charge in [0.15, 0.2) is 0 Å². The minimum absolute atomic E-state index is 0.00694. The maximum Gasteiger partial charge on any atom is 0.240 e. The van der Waals surface area contributed by atoms with Gasteiger partial charge in [-0.15, -0.1) is 0 Å². The molecule has 0 aromatic rings. The number of aliphatic hydroxyl groups excluding tert-OH is 1. The molecule has 0 spiro atoms. The van der Waals surface area contributed by atoms with E-state index in [0.717, 1.165) is 0 Å². The monoisotopic (exact) mass is 186 g/mol. The van der Waals surface area contributed by atoms with Gasteiger partial charge in [-0.1, -0.05) is 0 Å². The highest BCUT2D eigenvalue weighted by Gasteiger charge is 2.36. The van der Waals surface area contributed by atoms with E-state index in [2.05, 4.69) is 4.74 Å². The molecule has 0 aliphatic carbocycles. The molecule has 2 unspecified atom stereocenters. The van der Waals surface area contributed by atoms with Gasteiger partial charge in [-0.05, 0) is 0 Å². The molecule has 1 aliphatic rings. The molecule has 1 rings (SSSR count). The molecule has 0 saturated carbocycles. The van der Waals surface area contributed by atoms with Crippen molar-refractivity contribution in [3.05, 3.63) is 0 Å². The number of aliphatic hydroxyl groups is 1. The van der Waals surface area contributed by atoms with Gasteiger partial charge in [-0.3, -0.25) is 0 Å². The van der Waals surface area contributed by atoms with E-state index in [-0.39, 0.29) is 13.2 Å². The Kier molecular flexibility index (Phi) is 2.19. The molecule has 1 heterocycles. The highest BCUT2D eigenvalue weighted by molar-refractivity contribution is 8.14. The molecule has 1 N–H and O–H groups in total. The highest BCUT2D eigenvalue weighted by Crippen LogP contribution is 2.17. The largest absolute Gasteiger partial charge is 0.389 e. The Morgan fingerprint density at radius 3 is 2.30 bits per heavy atom. The average Bonchev–Trinajstić information content (AvgIpc) is 2.11. The zero-order valence-electron chi connectivity index (χ0n) is 5.03. The Bertz CT molecular complexity index is 211. The Balaban J connectivity index is 2.74. The summed E-state index contributed by atoms with van der Waals surface area (Å²) in [6, 6.07) is 0. The molecule has 0 aromatic carbocycles. The summed E-state index contributed by atoms with van der Waals surface area (Å²) in [5, 5.41) is 7.99. The van der Waals surface area contributed by atoms with Crippen molar-refractivity contribution in [1.29, 1.82) is 0 Å². The van der Waals surface area contributed by atoms with E-state index < -0.39 is 20.4 Å². The lowest BCUT2D eigenvalue weighted by atomic mass is 10.3. The summed E-state index contributed by atoms with van der Waals surface area (Å²) in [6.45, 7) is 0.0453. The van der Waals surface area contributed by atoms with Gasteiger partial charge in [0, 0.05) is 10.7 Å². The minimum atomic E-state index is -3.65. The van der Waals surface area contributed by atoms with Crippen molar-refractivity contribution in [2.24, 2.45) is 0 Å². The zero-order chi connectivity index (χ0) is 7.78. The Hall–Kier alpha value is 0.160. The van der Waals surface area contributed by atoms with E-state index in [1.165, 1.54) is 0 Å². The van der Waals surface area contributed by atoms with E-state index in [9.17, 15) is 8.42 Å². The standard InChI is InChI=1S/C4H7ClO4S/c5-10(7,8)4-2-9-1-3(4)6/h3-4,6H,1-2H2. The second-order valence-corrected chi connectivity index (χ2v) is 4.97. The molecule has 1 aliphatic heterocycles. The van der Waals surface area contributed by atoms with Crippen molar-refractivity contribution in [1.82, 2.24) is 0 Å². The predicted molar refractivity (Wildman–Crippen MR) is 35.4 cm³/mol. The number of rotatable bonds is 1. The first-order valence-corrected chi connectivity index (χ1v) is 5.08. The van der Waals surface area contributed by atoms with Gasteiger partial charge in [0.1, 0.15) is 5.25 Å². The molecule has 0 amide bonds. The average molecular weight is 187 g/mol. The molecule has 0 aromatic heterocycles. The van der Waals surface area contributed by atoms with Crippen LogP contribution in [0.1, 0.15) is 0 Å². The van der Waals surface area contributed by atoms with Crippen molar-refractivity contribution < 1.29 is 18.3 Å². The van der Waals surface area contributed by atoms with Crippen LogP contribution in [0.25, 0.3) is 0 Å². The Morgan fingerprint density at radius 2 is 2.10 bits per heavy atom. The lowest BCUT2D eigenvalue weighted by Crippen LogP contribution is -2.29. The molecule has 0 radical (unpaired) electrons. The number of hydrogen-bond donors (Lipinski definition) is 1. The van der Waals surface area contributed by atoms with Gasteiger partial charge in [0.2, 0.25) is 9.05 Å². The smallest absolute Gasteiger partial charge is 0.240 e. The van der Waals surface area contributed by atoms with Crippen LogP contribution in [-0.4, -0.2) is 38.1 Å². The van der Waals surface area contributed by atoms with Crippen LogP contribution < -0.4 is 0 Å². The maximum atomic E-state index is 10.6. The maximum absolute atomic E-state index is 10.6. The summed E-state index contributed by atoms with van der Waals surface area (Å²) in [5.41, 5.74) is 0. The van der Waals surface area contributed by atoms with Crippen LogP contribution >= 0.6 is 10.7 Å². The molecule has 0 bridgehead atoms. The van der Waals surface area contributed by atoms with E-state index >= 15 is 0 Å². The molecular formula is C4H7ClO4S. The Morgan fingerprint density at radius 1 is 1.50 bits per heavy atom. The van der Waals surface area contributed by atoms with Crippen molar-refractivity contribution in [3.63, 3.8) is 0 Å². The summed E-state index contributed by atoms with van der Waals surface area (Å²) < 4.78 is 25.8. The number of ether oxygens (including phenoxy) is 1. The van der Waals surface area contributed by atoms with E-state index in [4.69, 9.17) is 15.8 Å². The summed E-state index contributed by atoms with van der Waals surface area (Å²) in [4.78, 5) is 0. The van der Waals surface area contributed by atoms with Crippen molar-refractivity contribution >= 4 is 19.7 Å². The van der Waals surface area contributed by atoms with Gasteiger partial charge in [0.05, 0.1) is 19.3 Å². The fourth-order valence-corrected chi connectivity index (χ4v) is 2.02. The van der Waals surface area contributed by atoms with Crippen LogP contribution in [-0.2, 0) is 13.8 Å². The fraction of sp³-hybridized carbons (Fsp3) is 1.00. The molecule has 6 heteroatoms. The van der Waals surface area contributed by atoms with E-state index in [0.29, 0.717) is 0 Å². The second-order valence-electron chi connectivity index (χ2n) is 2.12. The van der Waals surface area contributed by atoms with Gasteiger partial charge in [0.25, 0.3) is 0 Å². The number of hydrogen-bond acceptors (Lipinski definition) is 4. The normalized spacial score (nSPS) is 34.6. The van der Waals surface area contributed by atoms with Crippen LogP contribution in [0.5, 0.6) is 0 Å². The molecule has 10 heavy (non-hydrogen) atoms. The van der Waals surface area contributed by atoms with Gasteiger partial charge < -0.3 is 9.84 Å². The first-order chi connectivity index (χ1) is 4.52. The third kappa shape index (κ3) is 1.60. The molecule has 1 saturated heterocycles. The lowest BCUT2D eigenvalue weighted by Gasteiger charge is -2.05. The quantitative estimate of drug-likeness (QED) is 0.551. The second kappa shape index (κ2) is 2.65. The van der Waals surface area contributed by atoms with Gasteiger partial charge in [-0.25, -0.2) is 8.42 Å². The van der Waals surface area contributed by atoms with Gasteiger partial charge in [-0.2, -0.15) is 0 Å². The molecule has 60 valence electrons. The summed E-state index contributed by atoms with van der Waals surface area (Å²) >= 11 is 0. The molecule has 2 atom stereocenters. The lowest BCUT2D eigenvalue weighted by molar-refractivity contribution is 0.127. The minimum Gasteiger partial charge on any atom is -0.389 e. The van der Waals surface area contributed by atoms with Crippen LogP contribution in [0.3, 0.4) is 0 Å². The van der Waals surface area contributed by atoms with Crippen molar-refractivity contribution in [2.75, 3.05) is 13.2 Å². The predicted octanol–water partition coefficient (Wildman–Crippen LogP) is -0.685. The van der Waals surface area contributed by atoms with Crippen LogP contribution in [0, 0.1) is 0 Å². The first-order valence-electron chi connectivity index (χ1n) is 2.71. The number of halogens is 1. The SMILES string of the molecule is O=S(=O)(Cl)C1COCC1O.